The molecule has 2 rings (SSSR count). The molecule has 100 valence electrons. The van der Waals surface area contributed by atoms with E-state index in [9.17, 15) is 5.11 Å². The molecule has 0 saturated carbocycles. The highest BCUT2D eigenvalue weighted by molar-refractivity contribution is 5.37. The van der Waals surface area contributed by atoms with E-state index >= 15 is 0 Å². The molecule has 1 N–H and O–H groups in total. The minimum absolute atomic E-state index is 0.640. The Hall–Kier alpha value is -1.06. The Bertz CT molecular complexity index is 393. The Balaban J connectivity index is 2.18. The van der Waals surface area contributed by atoms with Crippen LogP contribution in [-0.2, 0) is 11.2 Å². The lowest BCUT2D eigenvalue weighted by Gasteiger charge is -2.27. The first-order valence-electron chi connectivity index (χ1n) is 6.57. The van der Waals surface area contributed by atoms with Gasteiger partial charge in [-0.05, 0) is 37.8 Å². The summed E-state index contributed by atoms with van der Waals surface area (Å²) in [5.41, 5.74) is 1.62. The van der Waals surface area contributed by atoms with Gasteiger partial charge >= 0.3 is 0 Å². The fraction of sp³-hybridized carbons (Fsp3) is 0.600. The van der Waals surface area contributed by atoms with Crippen LogP contribution in [0, 0.1) is 6.92 Å². The molecule has 1 aromatic rings. The second kappa shape index (κ2) is 5.72. The monoisotopic (exact) mass is 250 g/mol. The highest BCUT2D eigenvalue weighted by Crippen LogP contribution is 2.30. The maximum absolute atomic E-state index is 10.7. The van der Waals surface area contributed by atoms with Gasteiger partial charge in [-0.15, -0.1) is 0 Å². The lowest BCUT2D eigenvalue weighted by atomic mass is 9.87. The van der Waals surface area contributed by atoms with Gasteiger partial charge < -0.3 is 14.6 Å². The van der Waals surface area contributed by atoms with Crippen LogP contribution in [-0.4, -0.2) is 31.0 Å². The molecule has 0 radical (unpaired) electrons. The summed E-state index contributed by atoms with van der Waals surface area (Å²) < 4.78 is 10.8. The summed E-state index contributed by atoms with van der Waals surface area (Å²) >= 11 is 0. The van der Waals surface area contributed by atoms with Crippen molar-refractivity contribution in [3.63, 3.8) is 0 Å². The number of aryl methyl sites for hydroxylation is 1. The van der Waals surface area contributed by atoms with Crippen LogP contribution < -0.4 is 4.74 Å². The van der Waals surface area contributed by atoms with Gasteiger partial charge in [0.2, 0.25) is 0 Å². The zero-order chi connectivity index (χ0) is 13.0. The van der Waals surface area contributed by atoms with E-state index in [0.29, 0.717) is 19.4 Å². The molecule has 0 aromatic heterocycles. The van der Waals surface area contributed by atoms with Crippen molar-refractivity contribution in [3.8, 4) is 5.75 Å². The topological polar surface area (TPSA) is 38.7 Å². The molecular formula is C15H22O3. The van der Waals surface area contributed by atoms with Crippen LogP contribution in [0.5, 0.6) is 5.75 Å². The third kappa shape index (κ3) is 3.24. The Morgan fingerprint density at radius 1 is 1.33 bits per heavy atom. The maximum atomic E-state index is 10.7. The molecule has 1 heterocycles. The molecule has 1 aliphatic heterocycles. The predicted octanol–water partition coefficient (Wildman–Crippen LogP) is 2.48. The quantitative estimate of drug-likeness (QED) is 0.895. The second-order valence-corrected chi connectivity index (χ2v) is 5.18. The van der Waals surface area contributed by atoms with E-state index in [0.717, 1.165) is 30.8 Å². The van der Waals surface area contributed by atoms with Crippen LogP contribution in [0.1, 0.15) is 30.4 Å². The van der Waals surface area contributed by atoms with Crippen molar-refractivity contribution < 1.29 is 14.6 Å². The average Bonchev–Trinajstić information content (AvgIpc) is 2.54. The lowest BCUT2D eigenvalue weighted by molar-refractivity contribution is 0.0184. The molecule has 1 fully saturated rings. The first kappa shape index (κ1) is 13.4. The number of hydrogen-bond donors (Lipinski definition) is 1. The van der Waals surface area contributed by atoms with Crippen molar-refractivity contribution >= 4 is 0 Å². The molecule has 0 bridgehead atoms. The number of benzene rings is 1. The van der Waals surface area contributed by atoms with Crippen LogP contribution in [0.2, 0.25) is 0 Å². The van der Waals surface area contributed by atoms with E-state index in [2.05, 4.69) is 13.0 Å². The number of rotatable bonds is 3. The SMILES string of the molecule is COc1ccc(C)cc1CC1(O)CCCOCC1. The number of methoxy groups -OCH3 is 1. The zero-order valence-corrected chi connectivity index (χ0v) is 11.2. The Kier molecular flexibility index (Phi) is 4.25. The Morgan fingerprint density at radius 3 is 2.94 bits per heavy atom. The van der Waals surface area contributed by atoms with Crippen LogP contribution in [0.4, 0.5) is 0 Å². The average molecular weight is 250 g/mol. The van der Waals surface area contributed by atoms with Crippen molar-refractivity contribution in [3.05, 3.63) is 29.3 Å². The molecule has 3 heteroatoms. The third-order valence-corrected chi connectivity index (χ3v) is 3.60. The van der Waals surface area contributed by atoms with E-state index in [1.165, 1.54) is 5.56 Å². The number of ether oxygens (including phenoxy) is 2. The van der Waals surface area contributed by atoms with Gasteiger partial charge in [0.1, 0.15) is 5.75 Å². The van der Waals surface area contributed by atoms with E-state index in [1.807, 2.05) is 12.1 Å². The molecule has 1 atom stereocenters. The first-order valence-corrected chi connectivity index (χ1v) is 6.57. The van der Waals surface area contributed by atoms with Crippen molar-refractivity contribution in [2.75, 3.05) is 20.3 Å². The normalized spacial score (nSPS) is 24.6. The van der Waals surface area contributed by atoms with Gasteiger partial charge in [0, 0.05) is 19.6 Å². The first-order chi connectivity index (χ1) is 8.63. The molecular weight excluding hydrogens is 228 g/mol. The number of hydrogen-bond acceptors (Lipinski definition) is 3. The van der Waals surface area contributed by atoms with E-state index in [1.54, 1.807) is 7.11 Å². The summed E-state index contributed by atoms with van der Waals surface area (Å²) in [6.45, 7) is 3.46. The summed E-state index contributed by atoms with van der Waals surface area (Å²) in [4.78, 5) is 0. The predicted molar refractivity (Wildman–Crippen MR) is 71.1 cm³/mol. The molecule has 1 saturated heterocycles. The molecule has 1 aromatic carbocycles. The highest BCUT2D eigenvalue weighted by Gasteiger charge is 2.29. The smallest absolute Gasteiger partial charge is 0.122 e. The van der Waals surface area contributed by atoms with Gasteiger partial charge in [-0.1, -0.05) is 17.7 Å². The molecule has 1 unspecified atom stereocenters. The zero-order valence-electron chi connectivity index (χ0n) is 11.2. The summed E-state index contributed by atoms with van der Waals surface area (Å²) in [6, 6.07) is 6.10. The fourth-order valence-electron chi connectivity index (χ4n) is 2.57. The van der Waals surface area contributed by atoms with E-state index < -0.39 is 5.60 Å². The Labute approximate surface area is 109 Å². The van der Waals surface area contributed by atoms with Gasteiger partial charge in [0.05, 0.1) is 12.7 Å². The highest BCUT2D eigenvalue weighted by atomic mass is 16.5. The van der Waals surface area contributed by atoms with Gasteiger partial charge in [-0.2, -0.15) is 0 Å². The molecule has 3 nitrogen and oxygen atoms in total. The van der Waals surface area contributed by atoms with E-state index in [-0.39, 0.29) is 0 Å². The largest absolute Gasteiger partial charge is 0.496 e. The molecule has 0 spiro atoms. The third-order valence-electron chi connectivity index (χ3n) is 3.60. The van der Waals surface area contributed by atoms with Gasteiger partial charge in [0.25, 0.3) is 0 Å². The second-order valence-electron chi connectivity index (χ2n) is 5.18. The minimum atomic E-state index is -0.655. The van der Waals surface area contributed by atoms with Gasteiger partial charge in [-0.25, -0.2) is 0 Å². The van der Waals surface area contributed by atoms with Crippen LogP contribution in [0.3, 0.4) is 0 Å². The summed E-state index contributed by atoms with van der Waals surface area (Å²) in [7, 11) is 1.68. The molecule has 0 amide bonds. The van der Waals surface area contributed by atoms with Crippen molar-refractivity contribution in [2.24, 2.45) is 0 Å². The standard InChI is InChI=1S/C15H22O3/c1-12-4-5-14(17-2)13(10-12)11-15(16)6-3-8-18-9-7-15/h4-5,10,16H,3,6-9,11H2,1-2H3. The lowest BCUT2D eigenvalue weighted by Crippen LogP contribution is -2.31. The fourth-order valence-corrected chi connectivity index (χ4v) is 2.57. The van der Waals surface area contributed by atoms with Gasteiger partial charge in [0.15, 0.2) is 0 Å². The van der Waals surface area contributed by atoms with Crippen LogP contribution in [0.25, 0.3) is 0 Å². The Morgan fingerprint density at radius 2 is 2.17 bits per heavy atom. The van der Waals surface area contributed by atoms with E-state index in [4.69, 9.17) is 9.47 Å². The van der Waals surface area contributed by atoms with Crippen LogP contribution in [0.15, 0.2) is 18.2 Å². The summed E-state index contributed by atoms with van der Waals surface area (Å²) in [5.74, 6) is 0.860. The van der Waals surface area contributed by atoms with Gasteiger partial charge in [-0.3, -0.25) is 0 Å². The number of aliphatic hydroxyl groups is 1. The van der Waals surface area contributed by atoms with Crippen LogP contribution >= 0.6 is 0 Å². The summed E-state index contributed by atoms with van der Waals surface area (Å²) in [6.07, 6.45) is 3.06. The molecule has 18 heavy (non-hydrogen) atoms. The molecule has 0 aliphatic carbocycles. The minimum Gasteiger partial charge on any atom is -0.496 e. The van der Waals surface area contributed by atoms with Crippen molar-refractivity contribution in [1.82, 2.24) is 0 Å². The van der Waals surface area contributed by atoms with Crippen molar-refractivity contribution in [2.45, 2.75) is 38.2 Å². The molecule has 1 aliphatic rings. The summed E-state index contributed by atoms with van der Waals surface area (Å²) in [5, 5.41) is 10.7. The van der Waals surface area contributed by atoms with Crippen molar-refractivity contribution in [1.29, 1.82) is 0 Å². The maximum Gasteiger partial charge on any atom is 0.122 e.